The second-order valence-electron chi connectivity index (χ2n) is 4.71. The number of hydrogen-bond donors (Lipinski definition) is 1. The van der Waals surface area contributed by atoms with E-state index in [0.717, 1.165) is 11.3 Å². The number of ether oxygens (including phenoxy) is 1. The Labute approximate surface area is 111 Å². The molecule has 1 fully saturated rings. The number of rotatable bonds is 2. The Morgan fingerprint density at radius 3 is 3.05 bits per heavy atom. The van der Waals surface area contributed by atoms with Crippen molar-refractivity contribution in [2.24, 2.45) is 0 Å². The van der Waals surface area contributed by atoms with Gasteiger partial charge in [0, 0.05) is 18.9 Å². The topological polar surface area (TPSA) is 71.4 Å². The first-order chi connectivity index (χ1) is 9.28. The van der Waals surface area contributed by atoms with Gasteiger partial charge in [0.1, 0.15) is 11.3 Å². The van der Waals surface area contributed by atoms with E-state index in [1.165, 1.54) is 0 Å². The van der Waals surface area contributed by atoms with E-state index in [2.05, 4.69) is 26.8 Å². The number of aliphatic hydroxyl groups excluding tert-OH is 1. The molecule has 2 atom stereocenters. The lowest BCUT2D eigenvalue weighted by Gasteiger charge is -2.38. The molecule has 1 aliphatic heterocycles. The molecule has 2 aromatic rings. The number of aromatic nitrogens is 3. The summed E-state index contributed by atoms with van der Waals surface area (Å²) in [5.41, 5.74) is 1.42. The maximum atomic E-state index is 9.22. The highest BCUT2D eigenvalue weighted by Gasteiger charge is 2.26. The second kappa shape index (κ2) is 5.07. The molecule has 100 valence electrons. The van der Waals surface area contributed by atoms with Crippen molar-refractivity contribution in [2.75, 3.05) is 24.7 Å². The predicted molar refractivity (Wildman–Crippen MR) is 71.0 cm³/mol. The zero-order valence-electron chi connectivity index (χ0n) is 10.7. The summed E-state index contributed by atoms with van der Waals surface area (Å²) in [6.45, 7) is 3.33. The quantitative estimate of drug-likeness (QED) is 0.853. The molecule has 19 heavy (non-hydrogen) atoms. The lowest BCUT2D eigenvalue weighted by atomic mass is 10.2. The molecule has 1 saturated heterocycles. The number of aliphatic hydroxyl groups is 1. The molecule has 0 aliphatic carbocycles. The van der Waals surface area contributed by atoms with E-state index in [4.69, 9.17) is 4.74 Å². The van der Waals surface area contributed by atoms with E-state index in [0.29, 0.717) is 18.8 Å². The summed E-state index contributed by atoms with van der Waals surface area (Å²) in [6.07, 6.45) is 3.14. The van der Waals surface area contributed by atoms with Crippen LogP contribution in [0.5, 0.6) is 0 Å². The van der Waals surface area contributed by atoms with Crippen LogP contribution in [-0.4, -0.2) is 52.0 Å². The Morgan fingerprint density at radius 1 is 1.37 bits per heavy atom. The van der Waals surface area contributed by atoms with E-state index < -0.39 is 0 Å². The summed E-state index contributed by atoms with van der Waals surface area (Å²) in [6, 6.07) is 4.08. The highest BCUT2D eigenvalue weighted by atomic mass is 16.5. The van der Waals surface area contributed by atoms with Gasteiger partial charge in [0.2, 0.25) is 0 Å². The maximum Gasteiger partial charge on any atom is 0.180 e. The minimum absolute atomic E-state index is 0.0244. The van der Waals surface area contributed by atoms with Crippen LogP contribution in [-0.2, 0) is 4.74 Å². The van der Waals surface area contributed by atoms with Gasteiger partial charge in [-0.05, 0) is 19.1 Å². The van der Waals surface area contributed by atoms with Crippen LogP contribution in [0, 0.1) is 0 Å². The molecular formula is C13H16N4O2. The van der Waals surface area contributed by atoms with Crippen molar-refractivity contribution in [1.82, 2.24) is 15.0 Å². The van der Waals surface area contributed by atoms with Gasteiger partial charge in [0.05, 0.1) is 25.4 Å². The fraction of sp³-hybridized carbons (Fsp3) is 0.462. The Bertz CT molecular complexity index is 577. The molecule has 2 aromatic heterocycles. The lowest BCUT2D eigenvalue weighted by Crippen LogP contribution is -2.49. The summed E-state index contributed by atoms with van der Waals surface area (Å²) < 4.78 is 5.53. The molecule has 0 bridgehead atoms. The summed E-state index contributed by atoms with van der Waals surface area (Å²) in [5, 5.41) is 9.22. The van der Waals surface area contributed by atoms with Crippen LogP contribution in [0.1, 0.15) is 6.92 Å². The van der Waals surface area contributed by atoms with E-state index in [-0.39, 0.29) is 18.8 Å². The summed E-state index contributed by atoms with van der Waals surface area (Å²) in [7, 11) is 0. The van der Waals surface area contributed by atoms with Crippen LogP contribution >= 0.6 is 0 Å². The van der Waals surface area contributed by atoms with Gasteiger partial charge >= 0.3 is 0 Å². The van der Waals surface area contributed by atoms with Crippen molar-refractivity contribution in [2.45, 2.75) is 19.1 Å². The Balaban J connectivity index is 1.93. The molecule has 0 saturated carbocycles. The molecule has 2 unspecified atom stereocenters. The summed E-state index contributed by atoms with van der Waals surface area (Å²) >= 11 is 0. The monoisotopic (exact) mass is 260 g/mol. The van der Waals surface area contributed by atoms with Crippen molar-refractivity contribution in [3.05, 3.63) is 24.5 Å². The standard InChI is InChI=1S/C13H16N4O2/c1-9-8-19-10(7-18)6-17(9)12-3-2-11-13(16-12)15-5-4-14-11/h2-5,9-10,18H,6-8H2,1H3. The molecule has 0 amide bonds. The molecule has 6 nitrogen and oxygen atoms in total. The third-order valence-corrected chi connectivity index (χ3v) is 3.32. The average molecular weight is 260 g/mol. The van der Waals surface area contributed by atoms with Gasteiger partial charge in [-0.15, -0.1) is 0 Å². The van der Waals surface area contributed by atoms with Gasteiger partial charge < -0.3 is 14.7 Å². The number of hydrogen-bond acceptors (Lipinski definition) is 6. The maximum absolute atomic E-state index is 9.22. The van der Waals surface area contributed by atoms with Gasteiger partial charge in [-0.3, -0.25) is 4.98 Å². The number of nitrogens with zero attached hydrogens (tertiary/aromatic N) is 4. The summed E-state index contributed by atoms with van der Waals surface area (Å²) in [4.78, 5) is 15.1. The van der Waals surface area contributed by atoms with Crippen LogP contribution in [0.25, 0.3) is 11.2 Å². The fourth-order valence-electron chi connectivity index (χ4n) is 2.25. The minimum atomic E-state index is -0.157. The van der Waals surface area contributed by atoms with E-state index in [1.54, 1.807) is 12.4 Å². The smallest absolute Gasteiger partial charge is 0.180 e. The first-order valence-electron chi connectivity index (χ1n) is 6.35. The third-order valence-electron chi connectivity index (χ3n) is 3.32. The van der Waals surface area contributed by atoms with Gasteiger partial charge in [-0.25, -0.2) is 9.97 Å². The van der Waals surface area contributed by atoms with E-state index in [1.807, 2.05) is 12.1 Å². The lowest BCUT2D eigenvalue weighted by molar-refractivity contribution is -0.0105. The Morgan fingerprint density at radius 2 is 2.21 bits per heavy atom. The molecular weight excluding hydrogens is 244 g/mol. The van der Waals surface area contributed by atoms with Gasteiger partial charge in [-0.1, -0.05) is 0 Å². The molecule has 0 spiro atoms. The zero-order chi connectivity index (χ0) is 13.2. The number of fused-ring (bicyclic) bond motifs is 1. The summed E-state index contributed by atoms with van der Waals surface area (Å²) in [5.74, 6) is 0.849. The SMILES string of the molecule is CC1COC(CO)CN1c1ccc2nccnc2n1. The van der Waals surface area contributed by atoms with Crippen LogP contribution in [0.3, 0.4) is 0 Å². The predicted octanol–water partition coefficient (Wildman–Crippen LogP) is 0.611. The van der Waals surface area contributed by atoms with E-state index >= 15 is 0 Å². The van der Waals surface area contributed by atoms with Crippen LogP contribution < -0.4 is 4.90 Å². The molecule has 0 aromatic carbocycles. The number of anilines is 1. The molecule has 0 radical (unpaired) electrons. The minimum Gasteiger partial charge on any atom is -0.394 e. The number of morpholine rings is 1. The van der Waals surface area contributed by atoms with E-state index in [9.17, 15) is 5.11 Å². The molecule has 3 heterocycles. The molecule has 1 N–H and O–H groups in total. The van der Waals surface area contributed by atoms with Crippen LogP contribution in [0.2, 0.25) is 0 Å². The normalized spacial score (nSPS) is 23.8. The van der Waals surface area contributed by atoms with Crippen molar-refractivity contribution < 1.29 is 9.84 Å². The molecule has 1 aliphatic rings. The Hall–Kier alpha value is -1.79. The fourth-order valence-corrected chi connectivity index (χ4v) is 2.25. The first kappa shape index (κ1) is 12.3. The number of pyridine rings is 1. The van der Waals surface area contributed by atoms with Gasteiger partial charge in [-0.2, -0.15) is 0 Å². The van der Waals surface area contributed by atoms with Crippen molar-refractivity contribution in [3.8, 4) is 0 Å². The van der Waals surface area contributed by atoms with Crippen LogP contribution in [0.4, 0.5) is 5.82 Å². The zero-order valence-corrected chi connectivity index (χ0v) is 10.7. The van der Waals surface area contributed by atoms with Crippen molar-refractivity contribution >= 4 is 17.0 Å². The average Bonchev–Trinajstić information content (AvgIpc) is 2.47. The van der Waals surface area contributed by atoms with Crippen molar-refractivity contribution in [3.63, 3.8) is 0 Å². The molecule has 3 rings (SSSR count). The van der Waals surface area contributed by atoms with Gasteiger partial charge in [0.15, 0.2) is 5.65 Å². The third kappa shape index (κ3) is 2.36. The highest BCUT2D eigenvalue weighted by molar-refractivity contribution is 5.71. The first-order valence-corrected chi connectivity index (χ1v) is 6.35. The second-order valence-corrected chi connectivity index (χ2v) is 4.71. The Kier molecular flexibility index (Phi) is 3.27. The highest BCUT2D eigenvalue weighted by Crippen LogP contribution is 2.21. The van der Waals surface area contributed by atoms with Gasteiger partial charge in [0.25, 0.3) is 0 Å². The largest absolute Gasteiger partial charge is 0.394 e. The molecule has 6 heteroatoms. The van der Waals surface area contributed by atoms with Crippen LogP contribution in [0.15, 0.2) is 24.5 Å². The van der Waals surface area contributed by atoms with Crippen molar-refractivity contribution in [1.29, 1.82) is 0 Å².